The number of anilines is 1. The van der Waals surface area contributed by atoms with E-state index in [1.807, 2.05) is 19.1 Å². The highest BCUT2D eigenvalue weighted by Crippen LogP contribution is 2.20. The molecule has 2 aromatic rings. The topological polar surface area (TPSA) is 34.4 Å². The summed E-state index contributed by atoms with van der Waals surface area (Å²) in [5, 5.41) is 3.21. The Bertz CT molecular complexity index is 500. The molecule has 0 aliphatic heterocycles. The molecule has 0 aliphatic carbocycles. The van der Waals surface area contributed by atoms with E-state index in [0.29, 0.717) is 6.42 Å². The van der Waals surface area contributed by atoms with Crippen LogP contribution in [0, 0.1) is 0 Å². The lowest BCUT2D eigenvalue weighted by Gasteiger charge is -2.15. The Morgan fingerprint density at radius 3 is 2.79 bits per heavy atom. The second kappa shape index (κ2) is 6.22. The number of alkyl halides is 2. The Morgan fingerprint density at radius 1 is 1.26 bits per heavy atom. The quantitative estimate of drug-likeness (QED) is 0.861. The van der Waals surface area contributed by atoms with Gasteiger partial charge < -0.3 is 14.5 Å². The van der Waals surface area contributed by atoms with Gasteiger partial charge in [0.15, 0.2) is 0 Å². The van der Waals surface area contributed by atoms with Crippen molar-refractivity contribution in [1.82, 2.24) is 0 Å². The van der Waals surface area contributed by atoms with Crippen LogP contribution in [0.5, 0.6) is 5.75 Å². The number of hydrogen-bond donors (Lipinski definition) is 1. The summed E-state index contributed by atoms with van der Waals surface area (Å²) in [5.41, 5.74) is 0.734. The molecule has 1 atom stereocenters. The molecular formula is C14H15F2NO2. The van der Waals surface area contributed by atoms with E-state index in [2.05, 4.69) is 10.1 Å². The van der Waals surface area contributed by atoms with E-state index in [9.17, 15) is 8.78 Å². The minimum atomic E-state index is -2.81. The minimum Gasteiger partial charge on any atom is -0.469 e. The summed E-state index contributed by atoms with van der Waals surface area (Å²) in [5.74, 6) is 1.02. The maximum absolute atomic E-state index is 12.1. The fraction of sp³-hybridized carbons (Fsp3) is 0.286. The fourth-order valence-electron chi connectivity index (χ4n) is 1.83. The highest BCUT2D eigenvalue weighted by Gasteiger charge is 2.08. The molecule has 0 spiro atoms. The van der Waals surface area contributed by atoms with Gasteiger partial charge in [-0.15, -0.1) is 0 Å². The lowest BCUT2D eigenvalue weighted by atomic mass is 10.2. The third kappa shape index (κ3) is 4.28. The standard InChI is InChI=1S/C14H15F2NO2/c1-10(8-12-6-3-7-18-12)17-11-4-2-5-13(9-11)19-14(15)16/h2-7,9-10,14,17H,8H2,1H3. The number of rotatable bonds is 6. The molecule has 0 saturated carbocycles. The van der Waals surface area contributed by atoms with Crippen LogP contribution in [-0.4, -0.2) is 12.7 Å². The maximum atomic E-state index is 12.1. The number of nitrogens with one attached hydrogen (secondary N) is 1. The molecule has 0 saturated heterocycles. The highest BCUT2D eigenvalue weighted by molar-refractivity contribution is 5.48. The summed E-state index contributed by atoms with van der Waals surface area (Å²) in [6, 6.07) is 10.4. The second-order valence-electron chi connectivity index (χ2n) is 4.24. The summed E-state index contributed by atoms with van der Waals surface area (Å²) in [6.07, 6.45) is 2.34. The van der Waals surface area contributed by atoms with Gasteiger partial charge in [0, 0.05) is 24.2 Å². The Balaban J connectivity index is 1.94. The van der Waals surface area contributed by atoms with Crippen molar-refractivity contribution in [3.05, 3.63) is 48.4 Å². The van der Waals surface area contributed by atoms with E-state index in [-0.39, 0.29) is 11.8 Å². The number of halogens is 2. The molecule has 1 N–H and O–H groups in total. The van der Waals surface area contributed by atoms with Crippen LogP contribution >= 0.6 is 0 Å². The van der Waals surface area contributed by atoms with Gasteiger partial charge in [-0.1, -0.05) is 6.07 Å². The van der Waals surface area contributed by atoms with E-state index >= 15 is 0 Å². The van der Waals surface area contributed by atoms with E-state index < -0.39 is 6.61 Å². The van der Waals surface area contributed by atoms with E-state index in [4.69, 9.17) is 4.42 Å². The summed E-state index contributed by atoms with van der Waals surface area (Å²) < 4.78 is 33.8. The smallest absolute Gasteiger partial charge is 0.387 e. The van der Waals surface area contributed by atoms with Crippen LogP contribution in [-0.2, 0) is 6.42 Å². The van der Waals surface area contributed by atoms with Crippen molar-refractivity contribution < 1.29 is 17.9 Å². The Morgan fingerprint density at radius 2 is 2.11 bits per heavy atom. The van der Waals surface area contributed by atoms with Crippen LogP contribution in [0.2, 0.25) is 0 Å². The normalized spacial score (nSPS) is 12.4. The van der Waals surface area contributed by atoms with Crippen LogP contribution < -0.4 is 10.1 Å². The van der Waals surface area contributed by atoms with Gasteiger partial charge in [-0.25, -0.2) is 0 Å². The second-order valence-corrected chi connectivity index (χ2v) is 4.24. The van der Waals surface area contributed by atoms with Crippen molar-refractivity contribution in [2.45, 2.75) is 26.0 Å². The Kier molecular flexibility index (Phi) is 4.39. The summed E-state index contributed by atoms with van der Waals surface area (Å²) in [4.78, 5) is 0. The molecule has 5 heteroatoms. The van der Waals surface area contributed by atoms with Gasteiger partial charge in [0.1, 0.15) is 11.5 Å². The Hall–Kier alpha value is -2.04. The molecule has 3 nitrogen and oxygen atoms in total. The van der Waals surface area contributed by atoms with Gasteiger partial charge >= 0.3 is 6.61 Å². The largest absolute Gasteiger partial charge is 0.469 e. The van der Waals surface area contributed by atoms with E-state index in [0.717, 1.165) is 11.4 Å². The van der Waals surface area contributed by atoms with Crippen LogP contribution in [0.4, 0.5) is 14.5 Å². The molecular weight excluding hydrogens is 252 g/mol. The zero-order chi connectivity index (χ0) is 13.7. The first-order valence-electron chi connectivity index (χ1n) is 5.97. The maximum Gasteiger partial charge on any atom is 0.387 e. The van der Waals surface area contributed by atoms with Crippen molar-refractivity contribution in [3.8, 4) is 5.75 Å². The zero-order valence-corrected chi connectivity index (χ0v) is 10.5. The van der Waals surface area contributed by atoms with Crippen molar-refractivity contribution in [2.75, 3.05) is 5.32 Å². The molecule has 0 radical (unpaired) electrons. The monoisotopic (exact) mass is 267 g/mol. The number of hydrogen-bond acceptors (Lipinski definition) is 3. The molecule has 1 unspecified atom stereocenters. The zero-order valence-electron chi connectivity index (χ0n) is 10.5. The molecule has 0 amide bonds. The molecule has 1 aromatic heterocycles. The molecule has 0 fully saturated rings. The van der Waals surface area contributed by atoms with Crippen molar-refractivity contribution >= 4 is 5.69 Å². The molecule has 102 valence electrons. The lowest BCUT2D eigenvalue weighted by Crippen LogP contribution is -2.17. The molecule has 0 aliphatic rings. The molecule has 19 heavy (non-hydrogen) atoms. The predicted molar refractivity (Wildman–Crippen MR) is 68.6 cm³/mol. The fourth-order valence-corrected chi connectivity index (χ4v) is 1.83. The van der Waals surface area contributed by atoms with Gasteiger partial charge in [-0.3, -0.25) is 0 Å². The van der Waals surface area contributed by atoms with Crippen molar-refractivity contribution in [3.63, 3.8) is 0 Å². The average molecular weight is 267 g/mol. The van der Waals surface area contributed by atoms with Crippen molar-refractivity contribution in [2.24, 2.45) is 0 Å². The van der Waals surface area contributed by atoms with E-state index in [1.54, 1.807) is 24.5 Å². The number of benzene rings is 1. The van der Waals surface area contributed by atoms with Crippen LogP contribution in [0.25, 0.3) is 0 Å². The average Bonchev–Trinajstić information content (AvgIpc) is 2.81. The van der Waals surface area contributed by atoms with E-state index in [1.165, 1.54) is 6.07 Å². The first kappa shape index (κ1) is 13.4. The Labute approximate surface area is 110 Å². The molecule has 2 rings (SSSR count). The third-order valence-corrected chi connectivity index (χ3v) is 2.56. The van der Waals surface area contributed by atoms with Crippen LogP contribution in [0.1, 0.15) is 12.7 Å². The van der Waals surface area contributed by atoms with Crippen LogP contribution in [0.15, 0.2) is 47.1 Å². The highest BCUT2D eigenvalue weighted by atomic mass is 19.3. The summed E-state index contributed by atoms with van der Waals surface area (Å²) in [6.45, 7) is -0.820. The third-order valence-electron chi connectivity index (χ3n) is 2.56. The van der Waals surface area contributed by atoms with Gasteiger partial charge in [0.25, 0.3) is 0 Å². The van der Waals surface area contributed by atoms with Gasteiger partial charge in [-0.05, 0) is 31.2 Å². The van der Waals surface area contributed by atoms with Gasteiger partial charge in [0.05, 0.1) is 6.26 Å². The first-order chi connectivity index (χ1) is 9.13. The molecule has 1 aromatic carbocycles. The first-order valence-corrected chi connectivity index (χ1v) is 5.97. The van der Waals surface area contributed by atoms with Gasteiger partial charge in [0.2, 0.25) is 0 Å². The van der Waals surface area contributed by atoms with Crippen molar-refractivity contribution in [1.29, 1.82) is 0 Å². The molecule has 0 bridgehead atoms. The SMILES string of the molecule is CC(Cc1ccco1)Nc1cccc(OC(F)F)c1. The minimum absolute atomic E-state index is 0.118. The van der Waals surface area contributed by atoms with Gasteiger partial charge in [-0.2, -0.15) is 8.78 Å². The predicted octanol–water partition coefficient (Wildman–Crippen LogP) is 3.92. The summed E-state index contributed by atoms with van der Waals surface area (Å²) >= 11 is 0. The number of furan rings is 1. The summed E-state index contributed by atoms with van der Waals surface area (Å²) in [7, 11) is 0. The molecule has 1 heterocycles. The number of ether oxygens (including phenoxy) is 1. The lowest BCUT2D eigenvalue weighted by molar-refractivity contribution is -0.0498. The van der Waals surface area contributed by atoms with Crippen LogP contribution in [0.3, 0.4) is 0 Å².